The second-order valence-electron chi connectivity index (χ2n) is 2.82. The minimum absolute atomic E-state index is 0. The van der Waals surface area contributed by atoms with E-state index in [1.54, 1.807) is 4.90 Å². The molecule has 1 saturated heterocycles. The van der Waals surface area contributed by atoms with E-state index in [1.807, 2.05) is 0 Å². The Hall–Kier alpha value is -0.320. The molecule has 0 spiro atoms. The van der Waals surface area contributed by atoms with E-state index < -0.39 is 0 Å². The number of rotatable bonds is 1. The number of aliphatic hydroxyl groups excluding tert-OH is 1. The molecule has 12 heavy (non-hydrogen) atoms. The fraction of sp³-hybridized carbons (Fsp3) is 0.857. The van der Waals surface area contributed by atoms with Gasteiger partial charge in [-0.15, -0.1) is 12.4 Å². The Balaban J connectivity index is 0.00000121. The van der Waals surface area contributed by atoms with Crippen LogP contribution in [0.2, 0.25) is 0 Å². The maximum atomic E-state index is 11.0. The van der Waals surface area contributed by atoms with Gasteiger partial charge in [0, 0.05) is 13.1 Å². The molecule has 3 N–H and O–H groups in total. The predicted octanol–water partition coefficient (Wildman–Crippen LogP) is -0.650. The Morgan fingerprint density at radius 2 is 2.00 bits per heavy atom. The molecule has 0 radical (unpaired) electrons. The van der Waals surface area contributed by atoms with E-state index in [0.717, 1.165) is 0 Å². The topological polar surface area (TPSA) is 66.6 Å². The summed E-state index contributed by atoms with van der Waals surface area (Å²) in [5.74, 6) is -0.0168. The van der Waals surface area contributed by atoms with Gasteiger partial charge in [-0.2, -0.15) is 0 Å². The number of hydrogen-bond acceptors (Lipinski definition) is 3. The second kappa shape index (κ2) is 5.35. The second-order valence-corrected chi connectivity index (χ2v) is 2.82. The summed E-state index contributed by atoms with van der Waals surface area (Å²) in [5, 5.41) is 9.11. The average molecular weight is 195 g/mol. The van der Waals surface area contributed by atoms with Crippen LogP contribution >= 0.6 is 12.4 Å². The maximum Gasteiger partial charge on any atom is 0.236 e. The number of aliphatic hydroxyl groups is 1. The first-order chi connectivity index (χ1) is 5.24. The minimum atomic E-state index is -0.225. The Morgan fingerprint density at radius 1 is 1.50 bits per heavy atom. The van der Waals surface area contributed by atoms with Gasteiger partial charge in [0.25, 0.3) is 0 Å². The Labute approximate surface area is 78.1 Å². The van der Waals surface area contributed by atoms with Crippen molar-refractivity contribution in [3.8, 4) is 0 Å². The molecule has 1 aliphatic heterocycles. The highest BCUT2D eigenvalue weighted by molar-refractivity contribution is 5.85. The first-order valence-corrected chi connectivity index (χ1v) is 3.90. The molecular formula is C7H15ClN2O2. The molecule has 0 atom stereocenters. The van der Waals surface area contributed by atoms with E-state index in [1.165, 1.54) is 0 Å². The number of nitrogens with two attached hydrogens (primary N) is 1. The molecule has 72 valence electrons. The Bertz CT molecular complexity index is 146. The van der Waals surface area contributed by atoms with Gasteiger partial charge in [-0.25, -0.2) is 0 Å². The van der Waals surface area contributed by atoms with E-state index in [-0.39, 0.29) is 31.0 Å². The van der Waals surface area contributed by atoms with Crippen LogP contribution in [0.25, 0.3) is 0 Å². The SMILES string of the molecule is Cl.NCC(=O)N1CCC(O)CC1. The van der Waals surface area contributed by atoms with Crippen molar-refractivity contribution >= 4 is 18.3 Å². The summed E-state index contributed by atoms with van der Waals surface area (Å²) in [6, 6.07) is 0. The third kappa shape index (κ3) is 2.97. The van der Waals surface area contributed by atoms with Crippen molar-refractivity contribution < 1.29 is 9.90 Å². The van der Waals surface area contributed by atoms with Crippen molar-refractivity contribution in [3.63, 3.8) is 0 Å². The third-order valence-electron chi connectivity index (χ3n) is 1.99. The van der Waals surface area contributed by atoms with Crippen LogP contribution in [0.15, 0.2) is 0 Å². The molecule has 1 amide bonds. The molecule has 0 saturated carbocycles. The van der Waals surface area contributed by atoms with Gasteiger partial charge < -0.3 is 15.7 Å². The maximum absolute atomic E-state index is 11.0. The van der Waals surface area contributed by atoms with Gasteiger partial charge in [0.15, 0.2) is 0 Å². The van der Waals surface area contributed by atoms with Crippen molar-refractivity contribution in [1.82, 2.24) is 4.90 Å². The lowest BCUT2D eigenvalue weighted by Crippen LogP contribution is -2.42. The molecule has 0 aromatic heterocycles. The molecule has 1 fully saturated rings. The average Bonchev–Trinajstić information content (AvgIpc) is 2.05. The van der Waals surface area contributed by atoms with Crippen LogP contribution in [-0.2, 0) is 4.79 Å². The fourth-order valence-corrected chi connectivity index (χ4v) is 1.24. The van der Waals surface area contributed by atoms with Crippen molar-refractivity contribution in [2.75, 3.05) is 19.6 Å². The van der Waals surface area contributed by atoms with Crippen LogP contribution in [0.5, 0.6) is 0 Å². The van der Waals surface area contributed by atoms with E-state index in [2.05, 4.69) is 0 Å². The van der Waals surface area contributed by atoms with Crippen LogP contribution < -0.4 is 5.73 Å². The molecule has 4 nitrogen and oxygen atoms in total. The van der Waals surface area contributed by atoms with Gasteiger partial charge in [-0.1, -0.05) is 0 Å². The zero-order valence-corrected chi connectivity index (χ0v) is 7.72. The van der Waals surface area contributed by atoms with Crippen LogP contribution in [0, 0.1) is 0 Å². The van der Waals surface area contributed by atoms with E-state index >= 15 is 0 Å². The number of nitrogens with zero attached hydrogens (tertiary/aromatic N) is 1. The Morgan fingerprint density at radius 3 is 2.42 bits per heavy atom. The number of carbonyl (C=O) groups is 1. The molecule has 1 aliphatic rings. The van der Waals surface area contributed by atoms with Crippen LogP contribution in [0.1, 0.15) is 12.8 Å². The minimum Gasteiger partial charge on any atom is -0.393 e. The largest absolute Gasteiger partial charge is 0.393 e. The highest BCUT2D eigenvalue weighted by Crippen LogP contribution is 2.09. The highest BCUT2D eigenvalue weighted by atomic mass is 35.5. The number of halogens is 1. The standard InChI is InChI=1S/C7H14N2O2.ClH/c8-5-7(11)9-3-1-6(10)2-4-9;/h6,10H,1-5,8H2;1H. The molecule has 1 rings (SSSR count). The van der Waals surface area contributed by atoms with Crippen LogP contribution in [-0.4, -0.2) is 41.7 Å². The lowest BCUT2D eigenvalue weighted by molar-refractivity contribution is -0.131. The quantitative estimate of drug-likeness (QED) is 0.583. The van der Waals surface area contributed by atoms with Crippen molar-refractivity contribution in [2.24, 2.45) is 5.73 Å². The van der Waals surface area contributed by atoms with E-state index in [4.69, 9.17) is 10.8 Å². The number of amides is 1. The number of hydrogen-bond donors (Lipinski definition) is 2. The summed E-state index contributed by atoms with van der Waals surface area (Å²) in [4.78, 5) is 12.7. The zero-order chi connectivity index (χ0) is 8.27. The molecule has 0 bridgehead atoms. The molecular weight excluding hydrogens is 180 g/mol. The summed E-state index contributed by atoms with van der Waals surface area (Å²) < 4.78 is 0. The van der Waals surface area contributed by atoms with E-state index in [9.17, 15) is 4.79 Å². The zero-order valence-electron chi connectivity index (χ0n) is 6.90. The van der Waals surface area contributed by atoms with Crippen molar-refractivity contribution in [2.45, 2.75) is 18.9 Å². The van der Waals surface area contributed by atoms with Gasteiger partial charge in [-0.3, -0.25) is 4.79 Å². The molecule has 0 aliphatic carbocycles. The van der Waals surface area contributed by atoms with Gasteiger partial charge in [0.1, 0.15) is 0 Å². The number of piperidine rings is 1. The van der Waals surface area contributed by atoms with Gasteiger partial charge in [0.2, 0.25) is 5.91 Å². The van der Waals surface area contributed by atoms with Crippen LogP contribution in [0.4, 0.5) is 0 Å². The van der Waals surface area contributed by atoms with Crippen molar-refractivity contribution in [1.29, 1.82) is 0 Å². The van der Waals surface area contributed by atoms with Crippen LogP contribution in [0.3, 0.4) is 0 Å². The summed E-state index contributed by atoms with van der Waals surface area (Å²) >= 11 is 0. The van der Waals surface area contributed by atoms with Gasteiger partial charge in [-0.05, 0) is 12.8 Å². The third-order valence-corrected chi connectivity index (χ3v) is 1.99. The highest BCUT2D eigenvalue weighted by Gasteiger charge is 2.19. The van der Waals surface area contributed by atoms with E-state index in [0.29, 0.717) is 25.9 Å². The lowest BCUT2D eigenvalue weighted by Gasteiger charge is -2.29. The summed E-state index contributed by atoms with van der Waals surface area (Å²) in [6.07, 6.45) is 1.15. The first kappa shape index (κ1) is 11.7. The van der Waals surface area contributed by atoms with Gasteiger partial charge >= 0.3 is 0 Å². The molecule has 5 heteroatoms. The molecule has 0 aromatic carbocycles. The summed E-state index contributed by atoms with van der Waals surface area (Å²) in [6.45, 7) is 1.38. The summed E-state index contributed by atoms with van der Waals surface area (Å²) in [7, 11) is 0. The molecule has 0 aromatic rings. The lowest BCUT2D eigenvalue weighted by atomic mass is 10.1. The normalized spacial score (nSPS) is 18.7. The summed E-state index contributed by atoms with van der Waals surface area (Å²) in [5.41, 5.74) is 5.18. The fourth-order valence-electron chi connectivity index (χ4n) is 1.24. The smallest absolute Gasteiger partial charge is 0.236 e. The Kier molecular flexibility index (Phi) is 5.20. The number of carbonyl (C=O) groups excluding carboxylic acids is 1. The van der Waals surface area contributed by atoms with Crippen molar-refractivity contribution in [3.05, 3.63) is 0 Å². The molecule has 1 heterocycles. The van der Waals surface area contributed by atoms with Gasteiger partial charge in [0.05, 0.1) is 12.6 Å². The first-order valence-electron chi connectivity index (χ1n) is 3.90. The number of likely N-dealkylation sites (tertiary alicyclic amines) is 1. The monoisotopic (exact) mass is 194 g/mol. The predicted molar refractivity (Wildman–Crippen MR) is 48.1 cm³/mol. The molecule has 0 unspecified atom stereocenters.